The average molecular weight is 556 g/mol. The molecule has 0 aliphatic carbocycles. The molecule has 1 aromatic heterocycles. The maximum atomic E-state index is 12.5. The first-order valence-electron chi connectivity index (χ1n) is 11.2. The Morgan fingerprint density at radius 3 is 2.41 bits per heavy atom. The van der Waals surface area contributed by atoms with Crippen LogP contribution in [0.25, 0.3) is 17.1 Å². The topological polar surface area (TPSA) is 90.6 Å². The fourth-order valence-electron chi connectivity index (χ4n) is 3.35. The molecular weight excluding hydrogens is 533 g/mol. The minimum atomic E-state index is -0.294. The maximum absolute atomic E-state index is 12.5. The molecule has 1 amide bonds. The van der Waals surface area contributed by atoms with Crippen molar-refractivity contribution < 1.29 is 14.3 Å². The van der Waals surface area contributed by atoms with Gasteiger partial charge in [0.05, 0.1) is 25.7 Å². The smallest absolute Gasteiger partial charge is 0.250 e. The van der Waals surface area contributed by atoms with Crippen LogP contribution in [0.5, 0.6) is 11.5 Å². The van der Waals surface area contributed by atoms with Crippen LogP contribution in [0.1, 0.15) is 12.5 Å². The lowest BCUT2D eigenvalue weighted by atomic mass is 10.2. The number of nitrogens with zero attached hydrogens (tertiary/aromatic N) is 4. The molecule has 0 aliphatic heterocycles. The number of hydrogen-bond donors (Lipinski definition) is 1. The molecule has 11 heteroatoms. The van der Waals surface area contributed by atoms with Crippen molar-refractivity contribution in [2.45, 2.75) is 12.1 Å². The third-order valence-corrected chi connectivity index (χ3v) is 6.48. The van der Waals surface area contributed by atoms with Crippen molar-refractivity contribution in [3.05, 3.63) is 82.3 Å². The van der Waals surface area contributed by atoms with Crippen LogP contribution in [-0.4, -0.2) is 46.4 Å². The number of methoxy groups -OCH3 is 1. The molecule has 0 saturated heterocycles. The molecule has 1 N–H and O–H groups in total. The molecule has 0 fully saturated rings. The Labute approximate surface area is 228 Å². The lowest BCUT2D eigenvalue weighted by Gasteiger charge is -2.10. The van der Waals surface area contributed by atoms with Gasteiger partial charge >= 0.3 is 0 Å². The normalized spacial score (nSPS) is 11.0. The molecule has 8 nitrogen and oxygen atoms in total. The lowest BCUT2D eigenvalue weighted by molar-refractivity contribution is -0.118. The van der Waals surface area contributed by atoms with Gasteiger partial charge in [0.25, 0.3) is 5.91 Å². The number of carbonyl (C=O) groups excluding carboxylic acids is 1. The van der Waals surface area contributed by atoms with E-state index in [1.807, 2.05) is 41.8 Å². The summed E-state index contributed by atoms with van der Waals surface area (Å²) in [5.74, 6) is 1.63. The van der Waals surface area contributed by atoms with E-state index in [9.17, 15) is 4.79 Å². The quantitative estimate of drug-likeness (QED) is 0.149. The van der Waals surface area contributed by atoms with E-state index < -0.39 is 0 Å². The van der Waals surface area contributed by atoms with Gasteiger partial charge in [0, 0.05) is 21.3 Å². The van der Waals surface area contributed by atoms with Crippen LogP contribution >= 0.6 is 35.0 Å². The Kier molecular flexibility index (Phi) is 9.05. The molecule has 0 aliphatic rings. The van der Waals surface area contributed by atoms with Gasteiger partial charge in [-0.2, -0.15) is 5.10 Å². The molecule has 37 heavy (non-hydrogen) atoms. The summed E-state index contributed by atoms with van der Waals surface area (Å²) in [6, 6.07) is 20.0. The highest BCUT2D eigenvalue weighted by Crippen LogP contribution is 2.30. The molecule has 0 unspecified atom stereocenters. The zero-order valence-corrected chi connectivity index (χ0v) is 22.3. The Balaban J connectivity index is 1.46. The van der Waals surface area contributed by atoms with Crippen LogP contribution in [-0.2, 0) is 4.79 Å². The first-order valence-corrected chi connectivity index (χ1v) is 13.0. The fraction of sp³-hybridized carbons (Fsp3) is 0.154. The second-order valence-corrected chi connectivity index (χ2v) is 9.37. The van der Waals surface area contributed by atoms with Gasteiger partial charge in [-0.1, -0.05) is 35.0 Å². The van der Waals surface area contributed by atoms with Crippen molar-refractivity contribution in [3.63, 3.8) is 0 Å². The van der Waals surface area contributed by atoms with Crippen molar-refractivity contribution in [2.24, 2.45) is 5.10 Å². The van der Waals surface area contributed by atoms with Crippen LogP contribution in [0.4, 0.5) is 0 Å². The Bertz CT molecular complexity index is 1390. The minimum absolute atomic E-state index is 0.0796. The number of aromatic nitrogens is 3. The van der Waals surface area contributed by atoms with E-state index in [0.29, 0.717) is 39.1 Å². The Morgan fingerprint density at radius 1 is 1.03 bits per heavy atom. The van der Waals surface area contributed by atoms with E-state index in [-0.39, 0.29) is 11.7 Å². The van der Waals surface area contributed by atoms with E-state index in [1.165, 1.54) is 18.0 Å². The maximum Gasteiger partial charge on any atom is 0.250 e. The molecule has 0 atom stereocenters. The number of thioether (sulfide) groups is 1. The number of benzene rings is 3. The molecule has 3 aromatic carbocycles. The summed E-state index contributed by atoms with van der Waals surface area (Å²) in [5.41, 5.74) is 4.93. The standard InChI is InChI=1S/C26H23Cl2N5O3S/c1-3-36-22-13-4-17(14-23(22)35-2)15-29-30-24(34)16-37-26-32-31-25(18-5-7-19(27)8-6-18)33(26)21-11-9-20(28)10-12-21/h4-15H,3,16H2,1-2H3,(H,30,34). The minimum Gasteiger partial charge on any atom is -0.493 e. The zero-order chi connectivity index (χ0) is 26.2. The van der Waals surface area contributed by atoms with Gasteiger partial charge in [0.15, 0.2) is 22.5 Å². The fourth-order valence-corrected chi connectivity index (χ4v) is 4.35. The summed E-state index contributed by atoms with van der Waals surface area (Å²) < 4.78 is 12.7. The molecule has 4 aromatic rings. The predicted molar refractivity (Wildman–Crippen MR) is 147 cm³/mol. The summed E-state index contributed by atoms with van der Waals surface area (Å²) in [6.07, 6.45) is 1.54. The molecule has 0 radical (unpaired) electrons. The number of hydrogen-bond acceptors (Lipinski definition) is 7. The van der Waals surface area contributed by atoms with Gasteiger partial charge in [-0.05, 0) is 79.2 Å². The van der Waals surface area contributed by atoms with Crippen molar-refractivity contribution in [1.82, 2.24) is 20.2 Å². The van der Waals surface area contributed by atoms with Gasteiger partial charge in [-0.3, -0.25) is 9.36 Å². The highest BCUT2D eigenvalue weighted by molar-refractivity contribution is 7.99. The second kappa shape index (κ2) is 12.6. The Hall–Kier alpha value is -3.53. The second-order valence-electron chi connectivity index (χ2n) is 7.55. The molecule has 190 valence electrons. The van der Waals surface area contributed by atoms with E-state index in [2.05, 4.69) is 20.7 Å². The number of amides is 1. The molecule has 1 heterocycles. The zero-order valence-electron chi connectivity index (χ0n) is 20.0. The number of hydrazone groups is 1. The van der Waals surface area contributed by atoms with Gasteiger partial charge in [-0.15, -0.1) is 10.2 Å². The van der Waals surface area contributed by atoms with Crippen molar-refractivity contribution in [2.75, 3.05) is 19.5 Å². The van der Waals surface area contributed by atoms with E-state index in [0.717, 1.165) is 16.8 Å². The summed E-state index contributed by atoms with van der Waals surface area (Å²) in [4.78, 5) is 12.5. The van der Waals surface area contributed by atoms with Gasteiger partial charge in [0.1, 0.15) is 0 Å². The third kappa shape index (κ3) is 6.82. The molecule has 0 spiro atoms. The average Bonchev–Trinajstić information content (AvgIpc) is 3.33. The van der Waals surface area contributed by atoms with Crippen molar-refractivity contribution >= 4 is 47.1 Å². The van der Waals surface area contributed by atoms with Crippen LogP contribution < -0.4 is 14.9 Å². The first-order chi connectivity index (χ1) is 18.0. The van der Waals surface area contributed by atoms with Crippen molar-refractivity contribution in [1.29, 1.82) is 0 Å². The highest BCUT2D eigenvalue weighted by Gasteiger charge is 2.17. The van der Waals surface area contributed by atoms with Gasteiger partial charge in [0.2, 0.25) is 0 Å². The molecule has 0 bridgehead atoms. The summed E-state index contributed by atoms with van der Waals surface area (Å²) >= 11 is 13.4. The summed E-state index contributed by atoms with van der Waals surface area (Å²) in [7, 11) is 1.57. The molecule has 0 saturated carbocycles. The van der Waals surface area contributed by atoms with E-state index in [1.54, 1.807) is 43.5 Å². The number of nitrogens with one attached hydrogen (secondary N) is 1. The Morgan fingerprint density at radius 2 is 1.73 bits per heavy atom. The van der Waals surface area contributed by atoms with Crippen LogP contribution in [0.15, 0.2) is 77.0 Å². The van der Waals surface area contributed by atoms with E-state index >= 15 is 0 Å². The summed E-state index contributed by atoms with van der Waals surface area (Å²) in [6.45, 7) is 2.43. The molecule has 4 rings (SSSR count). The van der Waals surface area contributed by atoms with Crippen LogP contribution in [0, 0.1) is 0 Å². The third-order valence-electron chi connectivity index (χ3n) is 5.04. The number of rotatable bonds is 10. The predicted octanol–water partition coefficient (Wildman–Crippen LogP) is 5.89. The number of carbonyl (C=O) groups is 1. The monoisotopic (exact) mass is 555 g/mol. The van der Waals surface area contributed by atoms with E-state index in [4.69, 9.17) is 32.7 Å². The largest absolute Gasteiger partial charge is 0.493 e. The van der Waals surface area contributed by atoms with Crippen molar-refractivity contribution in [3.8, 4) is 28.6 Å². The first kappa shape index (κ1) is 26.5. The summed E-state index contributed by atoms with van der Waals surface area (Å²) in [5, 5.41) is 14.5. The highest BCUT2D eigenvalue weighted by atomic mass is 35.5. The SMILES string of the molecule is CCOc1ccc(C=NNC(=O)CSc2nnc(-c3ccc(Cl)cc3)n2-c2ccc(Cl)cc2)cc1OC. The molecular formula is C26H23Cl2N5O3S. The lowest BCUT2D eigenvalue weighted by Crippen LogP contribution is -2.20. The van der Waals surface area contributed by atoms with Crippen LogP contribution in [0.2, 0.25) is 10.0 Å². The number of ether oxygens (including phenoxy) is 2. The van der Waals surface area contributed by atoms with Gasteiger partial charge < -0.3 is 9.47 Å². The van der Waals surface area contributed by atoms with Gasteiger partial charge in [-0.25, -0.2) is 5.43 Å². The van der Waals surface area contributed by atoms with Crippen LogP contribution in [0.3, 0.4) is 0 Å². The number of halogens is 2.